The minimum atomic E-state index is -3.76. The molecular weight excluding hydrogens is 251 g/mol. The van der Waals surface area contributed by atoms with Gasteiger partial charge in [-0.25, -0.2) is 8.42 Å². The van der Waals surface area contributed by atoms with Crippen molar-refractivity contribution in [3.8, 4) is 0 Å². The Morgan fingerprint density at radius 2 is 2.00 bits per heavy atom. The summed E-state index contributed by atoms with van der Waals surface area (Å²) < 4.78 is 22.2. The summed E-state index contributed by atoms with van der Waals surface area (Å²) in [6, 6.07) is 4.84. The molecule has 13 heavy (non-hydrogen) atoms. The lowest BCUT2D eigenvalue weighted by atomic mass is 10.4. The van der Waals surface area contributed by atoms with Crippen molar-refractivity contribution in [2.45, 2.75) is 9.79 Å². The summed E-state index contributed by atoms with van der Waals surface area (Å²) in [5, 5.41) is 0.154. The molecule has 2 nitrogen and oxygen atoms in total. The van der Waals surface area contributed by atoms with E-state index in [0.717, 1.165) is 0 Å². The summed E-state index contributed by atoms with van der Waals surface area (Å²) in [5.74, 6) is 0. The standard InChI is InChI=1S/C7H6Cl2O2S2/c1-12-6-4-2-3-5(8)7(6)13(9,10)11/h2-4H,1H3. The molecule has 72 valence electrons. The minimum absolute atomic E-state index is 0.00849. The molecule has 0 atom stereocenters. The molecule has 0 unspecified atom stereocenters. The van der Waals surface area contributed by atoms with Crippen LogP contribution in [0.2, 0.25) is 5.02 Å². The van der Waals surface area contributed by atoms with Crippen LogP contribution in [-0.2, 0) is 9.05 Å². The molecule has 0 heterocycles. The lowest BCUT2D eigenvalue weighted by Crippen LogP contribution is -1.94. The van der Waals surface area contributed by atoms with E-state index in [-0.39, 0.29) is 9.92 Å². The van der Waals surface area contributed by atoms with Gasteiger partial charge in [0.15, 0.2) is 0 Å². The number of benzene rings is 1. The van der Waals surface area contributed by atoms with Gasteiger partial charge in [0, 0.05) is 15.6 Å². The molecule has 1 rings (SSSR count). The highest BCUT2D eigenvalue weighted by molar-refractivity contribution is 8.14. The Labute approximate surface area is 90.7 Å². The second-order valence-corrected chi connectivity index (χ2v) is 5.97. The van der Waals surface area contributed by atoms with Gasteiger partial charge in [-0.15, -0.1) is 11.8 Å². The maximum Gasteiger partial charge on any atom is 0.263 e. The van der Waals surface area contributed by atoms with E-state index in [1.165, 1.54) is 17.8 Å². The quantitative estimate of drug-likeness (QED) is 0.603. The van der Waals surface area contributed by atoms with Gasteiger partial charge in [0.1, 0.15) is 4.90 Å². The third-order valence-electron chi connectivity index (χ3n) is 1.39. The van der Waals surface area contributed by atoms with Gasteiger partial charge in [0.05, 0.1) is 5.02 Å². The van der Waals surface area contributed by atoms with E-state index in [4.69, 9.17) is 22.3 Å². The van der Waals surface area contributed by atoms with E-state index in [0.29, 0.717) is 4.90 Å². The van der Waals surface area contributed by atoms with Gasteiger partial charge in [-0.2, -0.15) is 0 Å². The van der Waals surface area contributed by atoms with E-state index >= 15 is 0 Å². The summed E-state index contributed by atoms with van der Waals surface area (Å²) in [7, 11) is 1.47. The fourth-order valence-corrected chi connectivity index (χ4v) is 3.87. The number of halogens is 2. The molecule has 0 aliphatic rings. The molecule has 1 aromatic rings. The molecule has 1 aromatic carbocycles. The molecule has 0 bridgehead atoms. The van der Waals surface area contributed by atoms with E-state index in [1.807, 2.05) is 0 Å². The highest BCUT2D eigenvalue weighted by Gasteiger charge is 2.18. The third kappa shape index (κ3) is 2.53. The Bertz CT molecular complexity index is 415. The molecule has 0 aromatic heterocycles. The van der Waals surface area contributed by atoms with Crippen molar-refractivity contribution in [3.63, 3.8) is 0 Å². The first-order valence-electron chi connectivity index (χ1n) is 3.24. The Balaban J connectivity index is 3.50. The van der Waals surface area contributed by atoms with Crippen LogP contribution in [0.15, 0.2) is 28.0 Å². The number of hydrogen-bond acceptors (Lipinski definition) is 3. The monoisotopic (exact) mass is 256 g/mol. The summed E-state index contributed by atoms with van der Waals surface area (Å²) in [4.78, 5) is 0.549. The molecule has 0 N–H and O–H groups in total. The maximum atomic E-state index is 11.1. The van der Waals surface area contributed by atoms with Crippen molar-refractivity contribution in [1.29, 1.82) is 0 Å². The average molecular weight is 257 g/mol. The molecule has 6 heteroatoms. The van der Waals surface area contributed by atoms with Gasteiger partial charge in [-0.3, -0.25) is 0 Å². The summed E-state index contributed by atoms with van der Waals surface area (Å²) >= 11 is 7.00. The maximum absolute atomic E-state index is 11.1. The lowest BCUT2D eigenvalue weighted by Gasteiger charge is -2.04. The average Bonchev–Trinajstić information content (AvgIpc) is 2.01. The van der Waals surface area contributed by atoms with Gasteiger partial charge in [-0.1, -0.05) is 17.7 Å². The first kappa shape index (κ1) is 11.2. The van der Waals surface area contributed by atoms with Crippen LogP contribution in [-0.4, -0.2) is 14.7 Å². The van der Waals surface area contributed by atoms with Gasteiger partial charge < -0.3 is 0 Å². The van der Waals surface area contributed by atoms with Gasteiger partial charge in [-0.05, 0) is 18.4 Å². The smallest absolute Gasteiger partial charge is 0.207 e. The minimum Gasteiger partial charge on any atom is -0.207 e. The molecule has 0 saturated carbocycles. The first-order valence-corrected chi connectivity index (χ1v) is 7.15. The van der Waals surface area contributed by atoms with Crippen LogP contribution in [0.3, 0.4) is 0 Å². The molecule has 0 spiro atoms. The summed E-state index contributed by atoms with van der Waals surface area (Å²) in [6.07, 6.45) is 1.76. The second kappa shape index (κ2) is 4.09. The molecular formula is C7H6Cl2O2S2. The Morgan fingerprint density at radius 3 is 2.38 bits per heavy atom. The molecule has 0 fully saturated rings. The zero-order valence-corrected chi connectivity index (χ0v) is 9.77. The topological polar surface area (TPSA) is 34.1 Å². The van der Waals surface area contributed by atoms with Gasteiger partial charge in [0.25, 0.3) is 9.05 Å². The molecule has 0 radical (unpaired) electrons. The Hall–Kier alpha value is 0.1000. The Kier molecular flexibility index (Phi) is 3.51. The molecule has 0 saturated heterocycles. The fourth-order valence-electron chi connectivity index (χ4n) is 0.886. The van der Waals surface area contributed by atoms with Crippen LogP contribution in [0.1, 0.15) is 0 Å². The van der Waals surface area contributed by atoms with Crippen molar-refractivity contribution in [2.75, 3.05) is 6.26 Å². The largest absolute Gasteiger partial charge is 0.263 e. The van der Waals surface area contributed by atoms with Crippen molar-refractivity contribution in [3.05, 3.63) is 23.2 Å². The van der Waals surface area contributed by atoms with Gasteiger partial charge >= 0.3 is 0 Å². The summed E-state index contributed by atoms with van der Waals surface area (Å²) in [6.45, 7) is 0. The van der Waals surface area contributed by atoms with Gasteiger partial charge in [0.2, 0.25) is 0 Å². The van der Waals surface area contributed by atoms with Crippen LogP contribution in [0.4, 0.5) is 0 Å². The summed E-state index contributed by atoms with van der Waals surface area (Å²) in [5.41, 5.74) is 0. The Morgan fingerprint density at radius 1 is 1.38 bits per heavy atom. The van der Waals surface area contributed by atoms with E-state index in [1.54, 1.807) is 18.4 Å². The fraction of sp³-hybridized carbons (Fsp3) is 0.143. The predicted octanol–water partition coefficient (Wildman–Crippen LogP) is 2.99. The first-order chi connectivity index (χ1) is 5.96. The van der Waals surface area contributed by atoms with Crippen molar-refractivity contribution < 1.29 is 8.42 Å². The van der Waals surface area contributed by atoms with Crippen molar-refractivity contribution in [2.24, 2.45) is 0 Å². The highest BCUT2D eigenvalue weighted by atomic mass is 35.7. The third-order valence-corrected chi connectivity index (χ3v) is 4.12. The molecule has 0 aliphatic heterocycles. The van der Waals surface area contributed by atoms with Crippen LogP contribution >= 0.6 is 34.0 Å². The lowest BCUT2D eigenvalue weighted by molar-refractivity contribution is 0.608. The van der Waals surface area contributed by atoms with Crippen molar-refractivity contribution in [1.82, 2.24) is 0 Å². The molecule has 0 amide bonds. The van der Waals surface area contributed by atoms with Crippen LogP contribution in [0, 0.1) is 0 Å². The number of rotatable bonds is 2. The van der Waals surface area contributed by atoms with Crippen LogP contribution in [0.5, 0.6) is 0 Å². The highest BCUT2D eigenvalue weighted by Crippen LogP contribution is 2.33. The number of thioether (sulfide) groups is 1. The zero-order valence-electron chi connectivity index (χ0n) is 6.62. The zero-order chi connectivity index (χ0) is 10.1. The SMILES string of the molecule is CSc1cccc(Cl)c1S(=O)(=O)Cl. The van der Waals surface area contributed by atoms with E-state index < -0.39 is 9.05 Å². The van der Waals surface area contributed by atoms with Crippen LogP contribution in [0.25, 0.3) is 0 Å². The normalized spacial score (nSPS) is 11.6. The number of hydrogen-bond donors (Lipinski definition) is 0. The van der Waals surface area contributed by atoms with Crippen LogP contribution < -0.4 is 0 Å². The molecule has 0 aliphatic carbocycles. The van der Waals surface area contributed by atoms with E-state index in [2.05, 4.69) is 0 Å². The van der Waals surface area contributed by atoms with E-state index in [9.17, 15) is 8.42 Å². The second-order valence-electron chi connectivity index (χ2n) is 2.21. The van der Waals surface area contributed by atoms with Crippen molar-refractivity contribution >= 4 is 43.1 Å². The predicted molar refractivity (Wildman–Crippen MR) is 56.3 cm³/mol.